The number of aromatic nitrogens is 3. The summed E-state index contributed by atoms with van der Waals surface area (Å²) in [6.07, 6.45) is -3.16. The second kappa shape index (κ2) is 5.94. The van der Waals surface area contributed by atoms with E-state index in [9.17, 15) is 13.2 Å². The molecule has 0 amide bonds. The van der Waals surface area contributed by atoms with E-state index in [4.69, 9.17) is 4.74 Å². The molecule has 0 saturated carbocycles. The molecule has 0 spiro atoms. The maximum Gasteiger partial charge on any atom is 0.433 e. The van der Waals surface area contributed by atoms with Crippen molar-refractivity contribution in [1.82, 2.24) is 15.0 Å². The molecule has 0 bridgehead atoms. The smallest absolute Gasteiger partial charge is 0.433 e. The van der Waals surface area contributed by atoms with E-state index in [1.54, 1.807) is 26.0 Å². The van der Waals surface area contributed by atoms with Crippen LogP contribution in [0.15, 0.2) is 24.4 Å². The van der Waals surface area contributed by atoms with Gasteiger partial charge in [-0.3, -0.25) is 4.98 Å². The molecule has 21 heavy (non-hydrogen) atoms. The molecule has 0 unspecified atom stereocenters. The Morgan fingerprint density at radius 2 is 2.00 bits per heavy atom. The Morgan fingerprint density at radius 3 is 2.57 bits per heavy atom. The molecule has 2 aromatic rings. The fraction of sp³-hybridized carbons (Fsp3) is 0.308. The van der Waals surface area contributed by atoms with Crippen LogP contribution in [0.1, 0.15) is 18.3 Å². The topological polar surface area (TPSA) is 59.9 Å². The summed E-state index contributed by atoms with van der Waals surface area (Å²) < 4.78 is 43.7. The molecule has 5 nitrogen and oxygen atoms in total. The average Bonchev–Trinajstić information content (AvgIpc) is 2.41. The van der Waals surface area contributed by atoms with E-state index in [-0.39, 0.29) is 11.8 Å². The van der Waals surface area contributed by atoms with Crippen LogP contribution in [-0.2, 0) is 6.18 Å². The third-order valence-corrected chi connectivity index (χ3v) is 2.43. The second-order valence-corrected chi connectivity index (χ2v) is 4.18. The first-order chi connectivity index (χ1) is 9.88. The molecule has 2 heterocycles. The Labute approximate surface area is 119 Å². The highest BCUT2D eigenvalue weighted by atomic mass is 19.4. The zero-order valence-corrected chi connectivity index (χ0v) is 11.4. The fourth-order valence-electron chi connectivity index (χ4n) is 1.50. The quantitative estimate of drug-likeness (QED) is 0.937. The van der Waals surface area contributed by atoms with E-state index in [1.165, 1.54) is 6.20 Å². The Bertz CT molecular complexity index is 614. The van der Waals surface area contributed by atoms with Gasteiger partial charge in [-0.1, -0.05) is 0 Å². The summed E-state index contributed by atoms with van der Waals surface area (Å²) in [5.41, 5.74) is -0.294. The summed E-state index contributed by atoms with van der Waals surface area (Å²) in [6.45, 7) is 3.92. The van der Waals surface area contributed by atoms with Gasteiger partial charge in [-0.2, -0.15) is 18.2 Å². The predicted molar refractivity (Wildman–Crippen MR) is 70.2 cm³/mol. The minimum Gasteiger partial charge on any atom is -0.437 e. The number of aryl methyl sites for hydroxylation is 1. The van der Waals surface area contributed by atoms with Gasteiger partial charge in [0.25, 0.3) is 0 Å². The predicted octanol–water partition coefficient (Wildman–Crippen LogP) is 3.42. The summed E-state index contributed by atoms with van der Waals surface area (Å²) in [6, 6.07) is 4.04. The summed E-state index contributed by atoms with van der Waals surface area (Å²) in [5, 5.41) is 2.64. The van der Waals surface area contributed by atoms with Crippen LogP contribution in [-0.4, -0.2) is 21.5 Å². The number of halogens is 3. The lowest BCUT2D eigenvalue weighted by Gasteiger charge is -2.11. The normalized spacial score (nSPS) is 11.3. The van der Waals surface area contributed by atoms with E-state index in [2.05, 4.69) is 20.3 Å². The zero-order chi connectivity index (χ0) is 15.5. The molecule has 2 aromatic heterocycles. The van der Waals surface area contributed by atoms with Crippen LogP contribution in [0.3, 0.4) is 0 Å². The van der Waals surface area contributed by atoms with Crippen molar-refractivity contribution in [3.8, 4) is 11.6 Å². The number of alkyl halides is 3. The average molecular weight is 298 g/mol. The fourth-order valence-corrected chi connectivity index (χ4v) is 1.50. The summed E-state index contributed by atoms with van der Waals surface area (Å²) in [4.78, 5) is 11.3. The van der Waals surface area contributed by atoms with Crippen LogP contribution >= 0.6 is 0 Å². The summed E-state index contributed by atoms with van der Waals surface area (Å²) in [7, 11) is 0. The maximum atomic E-state index is 12.8. The number of ether oxygens (including phenoxy) is 1. The number of hydrogen-bond donors (Lipinski definition) is 1. The van der Waals surface area contributed by atoms with Gasteiger partial charge in [0.1, 0.15) is 5.75 Å². The van der Waals surface area contributed by atoms with Crippen molar-refractivity contribution >= 4 is 5.95 Å². The monoisotopic (exact) mass is 298 g/mol. The van der Waals surface area contributed by atoms with Crippen molar-refractivity contribution in [2.24, 2.45) is 0 Å². The lowest BCUT2D eigenvalue weighted by molar-refractivity contribution is -0.141. The van der Waals surface area contributed by atoms with Crippen LogP contribution in [0, 0.1) is 6.92 Å². The summed E-state index contributed by atoms with van der Waals surface area (Å²) in [5.74, 6) is -0.0313. The highest BCUT2D eigenvalue weighted by molar-refractivity contribution is 5.34. The van der Waals surface area contributed by atoms with Crippen molar-refractivity contribution in [1.29, 1.82) is 0 Å². The summed E-state index contributed by atoms with van der Waals surface area (Å²) >= 11 is 0. The first-order valence-corrected chi connectivity index (χ1v) is 6.19. The van der Waals surface area contributed by atoms with Crippen molar-refractivity contribution < 1.29 is 17.9 Å². The largest absolute Gasteiger partial charge is 0.437 e. The van der Waals surface area contributed by atoms with Gasteiger partial charge in [0.2, 0.25) is 11.8 Å². The van der Waals surface area contributed by atoms with Gasteiger partial charge in [0.15, 0.2) is 5.69 Å². The first-order valence-electron chi connectivity index (χ1n) is 6.19. The molecule has 0 fully saturated rings. The van der Waals surface area contributed by atoms with Crippen molar-refractivity contribution in [3.63, 3.8) is 0 Å². The minimum absolute atomic E-state index is 0.137. The molecule has 0 aliphatic carbocycles. The first kappa shape index (κ1) is 15.0. The standard InChI is InChI=1S/C13H13F3N4O/c1-3-17-12-19-10(13(14,15)16)6-11(20-12)21-9-5-4-8(2)18-7-9/h4-7H,3H2,1-2H3,(H,17,19,20). The number of nitrogens with zero attached hydrogens (tertiary/aromatic N) is 3. The van der Waals surface area contributed by atoms with E-state index in [0.717, 1.165) is 11.8 Å². The van der Waals surface area contributed by atoms with Crippen molar-refractivity contribution in [2.75, 3.05) is 11.9 Å². The van der Waals surface area contributed by atoms with Crippen LogP contribution in [0.2, 0.25) is 0 Å². The van der Waals surface area contributed by atoms with Crippen LogP contribution in [0.4, 0.5) is 19.1 Å². The van der Waals surface area contributed by atoms with Gasteiger partial charge in [-0.15, -0.1) is 0 Å². The molecule has 112 valence electrons. The molecule has 0 aliphatic heterocycles. The zero-order valence-electron chi connectivity index (χ0n) is 11.4. The van der Waals surface area contributed by atoms with Gasteiger partial charge < -0.3 is 10.1 Å². The third-order valence-electron chi connectivity index (χ3n) is 2.43. The molecular weight excluding hydrogens is 285 g/mol. The van der Waals surface area contributed by atoms with Crippen molar-refractivity contribution in [2.45, 2.75) is 20.0 Å². The highest BCUT2D eigenvalue weighted by Gasteiger charge is 2.34. The van der Waals surface area contributed by atoms with Gasteiger partial charge in [0, 0.05) is 18.3 Å². The molecule has 0 aliphatic rings. The molecule has 8 heteroatoms. The van der Waals surface area contributed by atoms with Crippen LogP contribution < -0.4 is 10.1 Å². The van der Waals surface area contributed by atoms with Gasteiger partial charge in [0.05, 0.1) is 6.20 Å². The third kappa shape index (κ3) is 4.04. The lowest BCUT2D eigenvalue weighted by Crippen LogP contribution is -2.12. The number of hydrogen-bond acceptors (Lipinski definition) is 5. The number of anilines is 1. The Kier molecular flexibility index (Phi) is 4.25. The van der Waals surface area contributed by atoms with Crippen LogP contribution in [0.5, 0.6) is 11.6 Å². The van der Waals surface area contributed by atoms with Gasteiger partial charge >= 0.3 is 6.18 Å². The van der Waals surface area contributed by atoms with Gasteiger partial charge in [-0.25, -0.2) is 4.98 Å². The molecule has 1 N–H and O–H groups in total. The maximum absolute atomic E-state index is 12.8. The lowest BCUT2D eigenvalue weighted by atomic mass is 10.3. The number of nitrogens with one attached hydrogen (secondary N) is 1. The van der Waals surface area contributed by atoms with Crippen molar-refractivity contribution in [3.05, 3.63) is 35.8 Å². The van der Waals surface area contributed by atoms with E-state index in [0.29, 0.717) is 12.3 Å². The highest BCUT2D eigenvalue weighted by Crippen LogP contribution is 2.31. The molecule has 0 saturated heterocycles. The second-order valence-electron chi connectivity index (χ2n) is 4.18. The van der Waals surface area contributed by atoms with Crippen LogP contribution in [0.25, 0.3) is 0 Å². The molecule has 0 radical (unpaired) electrons. The molecular formula is C13H13F3N4O. The molecule has 2 rings (SSSR count). The van der Waals surface area contributed by atoms with E-state index in [1.807, 2.05) is 0 Å². The Morgan fingerprint density at radius 1 is 1.24 bits per heavy atom. The Balaban J connectivity index is 2.33. The van der Waals surface area contributed by atoms with Gasteiger partial charge in [-0.05, 0) is 26.0 Å². The SMILES string of the molecule is CCNc1nc(Oc2ccc(C)nc2)cc(C(F)(F)F)n1. The Hall–Kier alpha value is -2.38. The minimum atomic E-state index is -4.57. The molecule has 0 aromatic carbocycles. The number of rotatable bonds is 4. The number of pyridine rings is 1. The molecule has 0 atom stereocenters. The van der Waals surface area contributed by atoms with E-state index >= 15 is 0 Å². The van der Waals surface area contributed by atoms with E-state index < -0.39 is 11.9 Å².